The molecule has 0 unspecified atom stereocenters. The molecule has 21 heavy (non-hydrogen) atoms. The largest absolute Gasteiger partial charge is 0.467 e. The summed E-state index contributed by atoms with van der Waals surface area (Å²) in [5.41, 5.74) is 0.780. The zero-order valence-corrected chi connectivity index (χ0v) is 12.6. The van der Waals surface area contributed by atoms with E-state index in [9.17, 15) is 9.59 Å². The molecule has 1 saturated heterocycles. The Hall–Kier alpha value is -1.59. The average Bonchev–Trinajstić information content (AvgIpc) is 3.02. The minimum Gasteiger partial charge on any atom is -0.467 e. The smallest absolute Gasteiger partial charge is 0.328 e. The highest BCUT2D eigenvalue weighted by atomic mass is 35.5. The summed E-state index contributed by atoms with van der Waals surface area (Å²) in [4.78, 5) is 23.9. The fraction of sp³-hybridized carbons (Fsp3) is 0.467. The van der Waals surface area contributed by atoms with Crippen molar-refractivity contribution < 1.29 is 19.1 Å². The molecule has 0 aromatic heterocycles. The first-order valence-electron chi connectivity index (χ1n) is 6.85. The second-order valence-corrected chi connectivity index (χ2v) is 5.29. The van der Waals surface area contributed by atoms with E-state index in [4.69, 9.17) is 21.1 Å². The Morgan fingerprint density at radius 1 is 1.48 bits per heavy atom. The fourth-order valence-electron chi connectivity index (χ4n) is 2.27. The molecule has 1 N–H and O–H groups in total. The minimum absolute atomic E-state index is 0.282. The van der Waals surface area contributed by atoms with Crippen LogP contribution in [0, 0.1) is 0 Å². The number of hydrogen-bond donors (Lipinski definition) is 1. The van der Waals surface area contributed by atoms with E-state index >= 15 is 0 Å². The number of esters is 1. The van der Waals surface area contributed by atoms with Crippen LogP contribution in [0.15, 0.2) is 24.3 Å². The van der Waals surface area contributed by atoms with Gasteiger partial charge in [-0.1, -0.05) is 29.8 Å². The summed E-state index contributed by atoms with van der Waals surface area (Å²) >= 11 is 6.09. The molecule has 0 radical (unpaired) electrons. The van der Waals surface area contributed by atoms with Crippen LogP contribution in [0.25, 0.3) is 0 Å². The maximum atomic E-state index is 12.1. The first-order chi connectivity index (χ1) is 10.1. The molecule has 1 aromatic carbocycles. The van der Waals surface area contributed by atoms with Gasteiger partial charge in [0.05, 0.1) is 7.11 Å². The molecule has 0 saturated carbocycles. The second-order valence-electron chi connectivity index (χ2n) is 4.88. The lowest BCUT2D eigenvalue weighted by molar-refractivity contribution is -0.146. The van der Waals surface area contributed by atoms with Gasteiger partial charge in [0, 0.05) is 18.1 Å². The van der Waals surface area contributed by atoms with E-state index in [0.29, 0.717) is 18.1 Å². The number of hydrogen-bond acceptors (Lipinski definition) is 4. The van der Waals surface area contributed by atoms with Gasteiger partial charge < -0.3 is 14.8 Å². The molecule has 2 rings (SSSR count). The summed E-state index contributed by atoms with van der Waals surface area (Å²) in [6.07, 6.45) is 1.32. The van der Waals surface area contributed by atoms with Crippen molar-refractivity contribution >= 4 is 23.5 Å². The first kappa shape index (κ1) is 15.8. The number of ether oxygens (including phenoxy) is 2. The van der Waals surface area contributed by atoms with E-state index in [0.717, 1.165) is 12.0 Å². The van der Waals surface area contributed by atoms with Crippen molar-refractivity contribution in [1.82, 2.24) is 5.32 Å². The summed E-state index contributed by atoms with van der Waals surface area (Å²) in [6.45, 7) is 0.575. The molecule has 1 aliphatic rings. The van der Waals surface area contributed by atoms with Crippen molar-refractivity contribution in [2.24, 2.45) is 0 Å². The van der Waals surface area contributed by atoms with Crippen molar-refractivity contribution in [3.8, 4) is 0 Å². The first-order valence-corrected chi connectivity index (χ1v) is 7.23. The maximum absolute atomic E-state index is 12.1. The Labute approximate surface area is 128 Å². The van der Waals surface area contributed by atoms with Crippen LogP contribution < -0.4 is 5.32 Å². The minimum atomic E-state index is -0.772. The molecule has 1 aliphatic heterocycles. The monoisotopic (exact) mass is 311 g/mol. The number of rotatable bonds is 5. The van der Waals surface area contributed by atoms with Crippen LogP contribution in [0.3, 0.4) is 0 Å². The van der Waals surface area contributed by atoms with Crippen molar-refractivity contribution in [2.75, 3.05) is 13.7 Å². The Morgan fingerprint density at radius 2 is 2.24 bits per heavy atom. The second kappa shape index (κ2) is 7.43. The quantitative estimate of drug-likeness (QED) is 0.841. The van der Waals surface area contributed by atoms with Crippen molar-refractivity contribution in [3.05, 3.63) is 34.9 Å². The third kappa shape index (κ3) is 4.19. The van der Waals surface area contributed by atoms with Crippen LogP contribution in [0.2, 0.25) is 5.02 Å². The van der Waals surface area contributed by atoms with Gasteiger partial charge in [-0.05, 0) is 24.5 Å². The van der Waals surface area contributed by atoms with Gasteiger partial charge in [0.25, 0.3) is 0 Å². The SMILES string of the molecule is COC(=O)[C@H](Cc1ccccc1Cl)NC(=O)[C@@H]1CCCO1. The molecule has 6 heteroatoms. The number of methoxy groups -OCH3 is 1. The molecule has 2 atom stereocenters. The van der Waals surface area contributed by atoms with Crippen LogP contribution >= 0.6 is 11.6 Å². The highest BCUT2D eigenvalue weighted by Gasteiger charge is 2.29. The summed E-state index contributed by atoms with van der Waals surface area (Å²) in [5.74, 6) is -0.781. The van der Waals surface area contributed by atoms with Gasteiger partial charge in [-0.25, -0.2) is 4.79 Å². The molecule has 0 spiro atoms. The molecule has 114 valence electrons. The third-order valence-electron chi connectivity index (χ3n) is 3.41. The molecule has 1 amide bonds. The zero-order valence-electron chi connectivity index (χ0n) is 11.8. The van der Waals surface area contributed by atoms with E-state index in [1.165, 1.54) is 7.11 Å². The van der Waals surface area contributed by atoms with Crippen LogP contribution in [-0.4, -0.2) is 37.7 Å². The number of carbonyl (C=O) groups is 2. The van der Waals surface area contributed by atoms with E-state index < -0.39 is 18.1 Å². The molecule has 1 fully saturated rings. The lowest BCUT2D eigenvalue weighted by Crippen LogP contribution is -2.47. The van der Waals surface area contributed by atoms with Gasteiger partial charge in [0.1, 0.15) is 12.1 Å². The fourth-order valence-corrected chi connectivity index (χ4v) is 2.48. The Kier molecular flexibility index (Phi) is 5.59. The molecular formula is C15H18ClNO4. The van der Waals surface area contributed by atoms with Crippen molar-refractivity contribution in [1.29, 1.82) is 0 Å². The molecule has 5 nitrogen and oxygen atoms in total. The lowest BCUT2D eigenvalue weighted by Gasteiger charge is -2.19. The normalized spacial score (nSPS) is 19.0. The molecular weight excluding hydrogens is 294 g/mol. The van der Waals surface area contributed by atoms with Crippen molar-refractivity contribution in [2.45, 2.75) is 31.4 Å². The Bertz CT molecular complexity index is 514. The Balaban J connectivity index is 2.06. The van der Waals surface area contributed by atoms with E-state index in [2.05, 4.69) is 5.32 Å². The number of nitrogens with one attached hydrogen (secondary N) is 1. The average molecular weight is 312 g/mol. The summed E-state index contributed by atoms with van der Waals surface area (Å²) in [7, 11) is 1.29. The van der Waals surface area contributed by atoms with Crippen LogP contribution in [0.1, 0.15) is 18.4 Å². The van der Waals surface area contributed by atoms with E-state index in [1.807, 2.05) is 18.2 Å². The van der Waals surface area contributed by atoms with E-state index in [1.54, 1.807) is 6.07 Å². The topological polar surface area (TPSA) is 64.6 Å². The molecule has 0 bridgehead atoms. The summed E-state index contributed by atoms with van der Waals surface area (Å²) in [6, 6.07) is 6.43. The number of carbonyl (C=O) groups excluding carboxylic acids is 2. The standard InChI is InChI=1S/C15H18ClNO4/c1-20-15(19)12(9-10-5-2-3-6-11(10)16)17-14(18)13-7-4-8-21-13/h2-3,5-6,12-13H,4,7-9H2,1H3,(H,17,18)/t12-,13-/m0/s1. The van der Waals surface area contributed by atoms with Gasteiger partial charge >= 0.3 is 5.97 Å². The van der Waals surface area contributed by atoms with E-state index in [-0.39, 0.29) is 12.3 Å². The van der Waals surface area contributed by atoms with Crippen LogP contribution in [-0.2, 0) is 25.5 Å². The molecule has 1 heterocycles. The maximum Gasteiger partial charge on any atom is 0.328 e. The molecule has 1 aromatic rings. The number of halogens is 1. The van der Waals surface area contributed by atoms with Gasteiger partial charge in [0.15, 0.2) is 0 Å². The predicted octanol–water partition coefficient (Wildman–Crippen LogP) is 1.72. The van der Waals surface area contributed by atoms with Gasteiger partial charge in [-0.2, -0.15) is 0 Å². The highest BCUT2D eigenvalue weighted by Crippen LogP contribution is 2.18. The highest BCUT2D eigenvalue weighted by molar-refractivity contribution is 6.31. The predicted molar refractivity (Wildman–Crippen MR) is 78.1 cm³/mol. The van der Waals surface area contributed by atoms with Crippen LogP contribution in [0.5, 0.6) is 0 Å². The Morgan fingerprint density at radius 3 is 2.86 bits per heavy atom. The third-order valence-corrected chi connectivity index (χ3v) is 3.77. The lowest BCUT2D eigenvalue weighted by atomic mass is 10.1. The van der Waals surface area contributed by atoms with Gasteiger partial charge in [-0.15, -0.1) is 0 Å². The van der Waals surface area contributed by atoms with Gasteiger partial charge in [0.2, 0.25) is 5.91 Å². The van der Waals surface area contributed by atoms with Gasteiger partial charge in [-0.3, -0.25) is 4.79 Å². The zero-order chi connectivity index (χ0) is 15.2. The van der Waals surface area contributed by atoms with Crippen molar-refractivity contribution in [3.63, 3.8) is 0 Å². The summed E-state index contributed by atoms with van der Waals surface area (Å²) in [5, 5.41) is 3.24. The van der Waals surface area contributed by atoms with Crippen LogP contribution in [0.4, 0.5) is 0 Å². The summed E-state index contributed by atoms with van der Waals surface area (Å²) < 4.78 is 10.1. The molecule has 0 aliphatic carbocycles. The number of benzene rings is 1. The number of amides is 1.